The molecule has 0 aromatic carbocycles. The quantitative estimate of drug-likeness (QED) is 0.382. The van der Waals surface area contributed by atoms with E-state index >= 15 is 0 Å². The van der Waals surface area contributed by atoms with Crippen LogP contribution in [0.15, 0.2) is 0 Å². The molecule has 0 bridgehead atoms. The number of piperidine rings is 1. The minimum absolute atomic E-state index is 0.0677. The Labute approximate surface area is 105 Å². The van der Waals surface area contributed by atoms with Crippen LogP contribution >= 0.6 is 0 Å². The number of nitrogens with one attached hydrogen (secondary N) is 1. The second-order valence-corrected chi connectivity index (χ2v) is 11.4. The fourth-order valence-corrected chi connectivity index (χ4v) is 2.12. The molecule has 0 aromatic heterocycles. The van der Waals surface area contributed by atoms with E-state index < -0.39 is 19.5 Å². The topological polar surface area (TPSA) is 27.5 Å². The molecular formula is C9H19F6NOSb-. The Bertz CT molecular complexity index is 281. The van der Waals surface area contributed by atoms with E-state index in [2.05, 4.69) is 27.7 Å². The fourth-order valence-electron chi connectivity index (χ4n) is 2.12. The maximum atomic E-state index is 11.8. The van der Waals surface area contributed by atoms with Gasteiger partial charge in [0.1, 0.15) is 0 Å². The van der Waals surface area contributed by atoms with Gasteiger partial charge in [0.05, 0.1) is 11.1 Å². The molecule has 0 saturated carbocycles. The Hall–Kier alpha value is 0.318. The minimum atomic E-state index is -11.2. The van der Waals surface area contributed by atoms with E-state index in [1.165, 1.54) is 6.42 Å². The molecule has 0 amide bonds. The summed E-state index contributed by atoms with van der Waals surface area (Å²) in [6, 6.07) is 0. The number of hydrogen-bond donors (Lipinski definition) is 1. The predicted molar refractivity (Wildman–Crippen MR) is 58.7 cm³/mol. The van der Waals surface area contributed by atoms with Gasteiger partial charge in [-0.25, -0.2) is 0 Å². The molecule has 0 aliphatic carbocycles. The first-order valence-corrected chi connectivity index (χ1v) is 11.2. The van der Waals surface area contributed by atoms with E-state index in [0.717, 1.165) is 12.8 Å². The summed E-state index contributed by atoms with van der Waals surface area (Å²) in [5.41, 5.74) is -0.135. The second kappa shape index (κ2) is 4.15. The van der Waals surface area contributed by atoms with Crippen LogP contribution in [0.5, 0.6) is 0 Å². The van der Waals surface area contributed by atoms with Gasteiger partial charge in [-0.05, 0) is 34.1 Å². The van der Waals surface area contributed by atoms with Gasteiger partial charge >= 0.3 is 36.4 Å². The third-order valence-corrected chi connectivity index (χ3v) is 2.83. The van der Waals surface area contributed by atoms with Crippen molar-refractivity contribution in [1.29, 1.82) is 0 Å². The molecule has 1 aliphatic rings. The molecule has 0 aromatic rings. The van der Waals surface area contributed by atoms with Gasteiger partial charge in [-0.1, -0.05) is 0 Å². The third-order valence-electron chi connectivity index (χ3n) is 2.83. The molecule has 0 spiro atoms. The number of halogens is 6. The average molecular weight is 393 g/mol. The Morgan fingerprint density at radius 1 is 0.833 bits per heavy atom. The summed E-state index contributed by atoms with van der Waals surface area (Å²) < 4.78 is 59.6. The summed E-state index contributed by atoms with van der Waals surface area (Å²) in [4.78, 5) is 0. The Kier molecular flexibility index (Phi) is 4.23. The average Bonchev–Trinajstić information content (AvgIpc) is 1.93. The van der Waals surface area contributed by atoms with Crippen LogP contribution in [0.25, 0.3) is 0 Å². The maximum absolute atomic E-state index is 11.8. The van der Waals surface area contributed by atoms with Crippen molar-refractivity contribution in [2.45, 2.75) is 58.0 Å². The van der Waals surface area contributed by atoms with Crippen LogP contribution in [-0.2, 0) is 0 Å². The number of quaternary nitrogens is 1. The fraction of sp³-hybridized carbons (Fsp3) is 1.00. The van der Waals surface area contributed by atoms with E-state index in [4.69, 9.17) is 0 Å². The molecule has 1 rings (SSSR count). The molecule has 1 fully saturated rings. The third kappa shape index (κ3) is 9.28. The van der Waals surface area contributed by atoms with Gasteiger partial charge in [0.2, 0.25) is 0 Å². The van der Waals surface area contributed by atoms with Gasteiger partial charge in [-0.3, -0.25) is 0 Å². The van der Waals surface area contributed by atoms with Crippen molar-refractivity contribution in [2.75, 3.05) is 0 Å². The standard InChI is InChI=1S/C9H19NO.6FH.Sb/c1-8(2)6-5-7-9(3,4)10(8)11;;;;;;;/h10H,5-7H2,1-4H3;6*1H;/q;;;;;;;+5/p-6. The van der Waals surface area contributed by atoms with E-state index in [0.29, 0.717) is 5.06 Å². The summed E-state index contributed by atoms with van der Waals surface area (Å²) in [5, 5.41) is 12.2. The molecule has 1 N–H and O–H groups in total. The first kappa shape index (κ1) is 18.3. The number of rotatable bonds is 0. The van der Waals surface area contributed by atoms with Gasteiger partial charge in [0, 0.05) is 12.8 Å². The molecule has 1 aliphatic heterocycles. The van der Waals surface area contributed by atoms with Crippen LogP contribution < -0.4 is 5.06 Å². The van der Waals surface area contributed by atoms with Gasteiger partial charge in [-0.15, -0.1) is 0 Å². The molecule has 0 radical (unpaired) electrons. The van der Waals surface area contributed by atoms with E-state index in [-0.39, 0.29) is 11.1 Å². The van der Waals surface area contributed by atoms with E-state index in [9.17, 15) is 22.1 Å². The van der Waals surface area contributed by atoms with Crippen molar-refractivity contribution < 1.29 is 21.9 Å². The zero-order valence-corrected chi connectivity index (χ0v) is 13.3. The predicted octanol–water partition coefficient (Wildman–Crippen LogP) is 3.25. The first-order chi connectivity index (χ1) is 7.31. The summed E-state index contributed by atoms with van der Waals surface area (Å²) in [6.45, 7) is 8.26. The molecule has 114 valence electrons. The SMILES string of the molecule is CC1(C)CCCC(C)(C)[NH+]1[O-].[F][Sb-]([F])([F])([F])([F])[F]. The Morgan fingerprint density at radius 2 is 1.06 bits per heavy atom. The summed E-state index contributed by atoms with van der Waals surface area (Å²) >= 11 is -11.2. The van der Waals surface area contributed by atoms with E-state index in [1.54, 1.807) is 0 Å². The van der Waals surface area contributed by atoms with Crippen LogP contribution in [0, 0.1) is 5.21 Å². The van der Waals surface area contributed by atoms with Crippen molar-refractivity contribution in [3.8, 4) is 0 Å². The molecule has 0 atom stereocenters. The molecule has 0 unspecified atom stereocenters. The summed E-state index contributed by atoms with van der Waals surface area (Å²) in [6.07, 6.45) is 3.33. The molecule has 2 nitrogen and oxygen atoms in total. The van der Waals surface area contributed by atoms with Crippen LogP contribution in [0.2, 0.25) is 0 Å². The normalized spacial score (nSPS) is 27.5. The number of hydroxylamine groups is 2. The van der Waals surface area contributed by atoms with Gasteiger partial charge in [0.15, 0.2) is 0 Å². The second-order valence-electron chi connectivity index (χ2n) is 5.91. The van der Waals surface area contributed by atoms with Gasteiger partial charge in [-0.2, -0.15) is 0 Å². The molecule has 1 saturated heterocycles. The molecule has 18 heavy (non-hydrogen) atoms. The van der Waals surface area contributed by atoms with Crippen molar-refractivity contribution in [3.05, 3.63) is 5.21 Å². The Balaban J connectivity index is 0.000000360. The monoisotopic (exact) mass is 392 g/mol. The summed E-state index contributed by atoms with van der Waals surface area (Å²) in [5.74, 6) is 0. The van der Waals surface area contributed by atoms with Crippen molar-refractivity contribution in [3.63, 3.8) is 0 Å². The summed E-state index contributed by atoms with van der Waals surface area (Å²) in [7, 11) is 0. The van der Waals surface area contributed by atoms with Crippen LogP contribution in [0.1, 0.15) is 47.0 Å². The van der Waals surface area contributed by atoms with Crippen LogP contribution in [0.4, 0.5) is 16.9 Å². The zero-order valence-electron chi connectivity index (χ0n) is 10.7. The van der Waals surface area contributed by atoms with Gasteiger partial charge in [0.25, 0.3) is 0 Å². The zero-order chi connectivity index (χ0) is 15.1. The molecular weight excluding hydrogens is 374 g/mol. The van der Waals surface area contributed by atoms with Crippen molar-refractivity contribution in [2.24, 2.45) is 0 Å². The molecule has 9 heteroatoms. The molecule has 1 heterocycles. The first-order valence-electron chi connectivity index (χ1n) is 5.43. The van der Waals surface area contributed by atoms with Crippen LogP contribution in [-0.4, -0.2) is 30.6 Å². The van der Waals surface area contributed by atoms with E-state index in [1.807, 2.05) is 0 Å². The van der Waals surface area contributed by atoms with Crippen molar-refractivity contribution in [1.82, 2.24) is 0 Å². The van der Waals surface area contributed by atoms with Crippen molar-refractivity contribution >= 4 is 19.5 Å². The Morgan fingerprint density at radius 3 is 1.22 bits per heavy atom. The van der Waals surface area contributed by atoms with Crippen LogP contribution in [0.3, 0.4) is 0 Å². The number of hydrogen-bond acceptors (Lipinski definition) is 1. The van der Waals surface area contributed by atoms with Gasteiger partial charge < -0.3 is 10.3 Å².